The molecule has 1 heterocycles. The van der Waals surface area contributed by atoms with E-state index in [1.54, 1.807) is 26.4 Å². The van der Waals surface area contributed by atoms with Gasteiger partial charge in [0, 0.05) is 50.4 Å². The lowest BCUT2D eigenvalue weighted by molar-refractivity contribution is 0.0946. The molecule has 7 heteroatoms. The number of carbonyl (C=O) groups is 1. The molecular weight excluding hydrogens is 318 g/mol. The lowest BCUT2D eigenvalue weighted by Gasteiger charge is -2.27. The van der Waals surface area contributed by atoms with E-state index in [1.807, 2.05) is 6.92 Å². The van der Waals surface area contributed by atoms with Crippen LogP contribution in [0.5, 0.6) is 11.5 Å². The lowest BCUT2D eigenvalue weighted by atomic mass is 10.1. The summed E-state index contributed by atoms with van der Waals surface area (Å²) in [5.74, 6) is 1.21. The van der Waals surface area contributed by atoms with Crippen molar-refractivity contribution in [2.24, 2.45) is 0 Å². The Labute approximate surface area is 143 Å². The van der Waals surface area contributed by atoms with E-state index in [0.29, 0.717) is 23.6 Å². The molecule has 0 atom stereocenters. The second-order valence-electron chi connectivity index (χ2n) is 5.35. The third-order valence-electron chi connectivity index (χ3n) is 3.94. The molecule has 0 radical (unpaired) electrons. The Morgan fingerprint density at radius 1 is 1.22 bits per heavy atom. The number of piperazine rings is 1. The van der Waals surface area contributed by atoms with Gasteiger partial charge in [-0.25, -0.2) is 0 Å². The standard InChI is InChI=1S/C16H25N3O3.ClH/c1-12-14(21-2)10-13(11-15(12)22-3)16(20)18-6-9-19-7-4-17-5-8-19;/h10-11,17H,4-9H2,1-3H3,(H,18,20);1H. The molecule has 6 nitrogen and oxygen atoms in total. The van der Waals surface area contributed by atoms with E-state index in [4.69, 9.17) is 9.47 Å². The molecule has 0 bridgehead atoms. The molecule has 1 aromatic rings. The minimum Gasteiger partial charge on any atom is -0.496 e. The average molecular weight is 344 g/mol. The highest BCUT2D eigenvalue weighted by molar-refractivity contribution is 5.95. The van der Waals surface area contributed by atoms with Crippen molar-refractivity contribution in [3.05, 3.63) is 23.3 Å². The van der Waals surface area contributed by atoms with Crippen molar-refractivity contribution in [2.45, 2.75) is 6.92 Å². The van der Waals surface area contributed by atoms with Crippen LogP contribution < -0.4 is 20.1 Å². The monoisotopic (exact) mass is 343 g/mol. The van der Waals surface area contributed by atoms with Crippen LogP contribution in [-0.2, 0) is 0 Å². The Bertz CT molecular complexity index is 494. The largest absolute Gasteiger partial charge is 0.496 e. The Balaban J connectivity index is 0.00000264. The molecule has 1 aliphatic heterocycles. The number of hydrogen-bond donors (Lipinski definition) is 2. The topological polar surface area (TPSA) is 62.8 Å². The highest BCUT2D eigenvalue weighted by Gasteiger charge is 2.14. The summed E-state index contributed by atoms with van der Waals surface area (Å²) in [5, 5.41) is 6.27. The van der Waals surface area contributed by atoms with Crippen LogP contribution in [-0.4, -0.2) is 64.3 Å². The molecule has 0 unspecified atom stereocenters. The summed E-state index contributed by atoms with van der Waals surface area (Å²) in [7, 11) is 3.18. The fraction of sp³-hybridized carbons (Fsp3) is 0.562. The summed E-state index contributed by atoms with van der Waals surface area (Å²) < 4.78 is 10.6. The first-order chi connectivity index (χ1) is 10.7. The van der Waals surface area contributed by atoms with Gasteiger partial charge in [-0.1, -0.05) is 0 Å². The summed E-state index contributed by atoms with van der Waals surface area (Å²) in [6.45, 7) is 7.50. The molecule has 0 saturated carbocycles. The molecule has 2 N–H and O–H groups in total. The molecule has 1 aromatic carbocycles. The van der Waals surface area contributed by atoms with Crippen LogP contribution in [0, 0.1) is 6.92 Å². The van der Waals surface area contributed by atoms with Crippen molar-refractivity contribution in [2.75, 3.05) is 53.5 Å². The van der Waals surface area contributed by atoms with Crippen LogP contribution in [0.1, 0.15) is 15.9 Å². The first-order valence-electron chi connectivity index (χ1n) is 7.59. The van der Waals surface area contributed by atoms with E-state index in [1.165, 1.54) is 0 Å². The predicted molar refractivity (Wildman–Crippen MR) is 93.2 cm³/mol. The van der Waals surface area contributed by atoms with Crippen LogP contribution in [0.2, 0.25) is 0 Å². The minimum atomic E-state index is -0.105. The number of benzene rings is 1. The molecule has 2 rings (SSSR count). The summed E-state index contributed by atoms with van der Waals surface area (Å²) in [6, 6.07) is 3.50. The first kappa shape index (κ1) is 19.5. The average Bonchev–Trinajstić information content (AvgIpc) is 2.56. The van der Waals surface area contributed by atoms with Gasteiger partial charge in [0.2, 0.25) is 0 Å². The third-order valence-corrected chi connectivity index (χ3v) is 3.94. The van der Waals surface area contributed by atoms with Gasteiger partial charge in [-0.2, -0.15) is 0 Å². The predicted octanol–water partition coefficient (Wildman–Crippen LogP) is 1.07. The Kier molecular flexibility index (Phi) is 8.16. The number of ether oxygens (including phenoxy) is 2. The van der Waals surface area contributed by atoms with Crippen molar-refractivity contribution in [1.82, 2.24) is 15.5 Å². The van der Waals surface area contributed by atoms with E-state index < -0.39 is 0 Å². The number of rotatable bonds is 6. The van der Waals surface area contributed by atoms with Gasteiger partial charge in [-0.3, -0.25) is 9.69 Å². The molecule has 0 aromatic heterocycles. The smallest absolute Gasteiger partial charge is 0.251 e. The number of halogens is 1. The van der Waals surface area contributed by atoms with Gasteiger partial charge in [0.05, 0.1) is 14.2 Å². The third kappa shape index (κ3) is 5.27. The van der Waals surface area contributed by atoms with Gasteiger partial charge < -0.3 is 20.1 Å². The molecule has 1 amide bonds. The fourth-order valence-corrected chi connectivity index (χ4v) is 2.58. The highest BCUT2D eigenvalue weighted by atomic mass is 35.5. The van der Waals surface area contributed by atoms with Gasteiger partial charge in [-0.15, -0.1) is 12.4 Å². The van der Waals surface area contributed by atoms with E-state index in [9.17, 15) is 4.79 Å². The van der Waals surface area contributed by atoms with Crippen LogP contribution >= 0.6 is 12.4 Å². The van der Waals surface area contributed by atoms with Crippen LogP contribution in [0.25, 0.3) is 0 Å². The van der Waals surface area contributed by atoms with Gasteiger partial charge in [0.1, 0.15) is 11.5 Å². The second kappa shape index (κ2) is 9.60. The Hall–Kier alpha value is -1.50. The maximum atomic E-state index is 12.3. The number of nitrogens with zero attached hydrogens (tertiary/aromatic N) is 1. The lowest BCUT2D eigenvalue weighted by Crippen LogP contribution is -2.46. The number of methoxy groups -OCH3 is 2. The van der Waals surface area contributed by atoms with E-state index in [0.717, 1.165) is 38.3 Å². The van der Waals surface area contributed by atoms with E-state index in [-0.39, 0.29) is 18.3 Å². The fourth-order valence-electron chi connectivity index (χ4n) is 2.58. The van der Waals surface area contributed by atoms with Crippen LogP contribution in [0.15, 0.2) is 12.1 Å². The van der Waals surface area contributed by atoms with Gasteiger partial charge >= 0.3 is 0 Å². The SMILES string of the molecule is COc1cc(C(=O)NCCN2CCNCC2)cc(OC)c1C.Cl. The zero-order valence-electron chi connectivity index (χ0n) is 14.0. The molecule has 1 saturated heterocycles. The van der Waals surface area contributed by atoms with Gasteiger partial charge in [0.15, 0.2) is 0 Å². The minimum absolute atomic E-state index is 0. The molecule has 1 fully saturated rings. The normalized spacial score (nSPS) is 14.7. The maximum absolute atomic E-state index is 12.3. The van der Waals surface area contributed by atoms with Crippen molar-refractivity contribution in [3.8, 4) is 11.5 Å². The molecule has 130 valence electrons. The molecule has 0 spiro atoms. The van der Waals surface area contributed by atoms with Crippen molar-refractivity contribution >= 4 is 18.3 Å². The zero-order chi connectivity index (χ0) is 15.9. The Morgan fingerprint density at radius 2 is 1.78 bits per heavy atom. The van der Waals surface area contributed by atoms with E-state index >= 15 is 0 Å². The zero-order valence-corrected chi connectivity index (χ0v) is 14.8. The second-order valence-corrected chi connectivity index (χ2v) is 5.35. The summed E-state index contributed by atoms with van der Waals surface area (Å²) in [4.78, 5) is 14.6. The highest BCUT2D eigenvalue weighted by Crippen LogP contribution is 2.29. The van der Waals surface area contributed by atoms with Gasteiger partial charge in [0.25, 0.3) is 5.91 Å². The first-order valence-corrected chi connectivity index (χ1v) is 7.59. The molecule has 23 heavy (non-hydrogen) atoms. The maximum Gasteiger partial charge on any atom is 0.251 e. The number of amides is 1. The number of nitrogens with one attached hydrogen (secondary N) is 2. The van der Waals surface area contributed by atoms with Crippen LogP contribution in [0.4, 0.5) is 0 Å². The van der Waals surface area contributed by atoms with Crippen molar-refractivity contribution in [1.29, 1.82) is 0 Å². The molecule has 0 aliphatic carbocycles. The number of carbonyl (C=O) groups excluding carboxylic acids is 1. The van der Waals surface area contributed by atoms with Gasteiger partial charge in [-0.05, 0) is 19.1 Å². The number of hydrogen-bond acceptors (Lipinski definition) is 5. The Morgan fingerprint density at radius 3 is 2.30 bits per heavy atom. The molecule has 1 aliphatic rings. The van der Waals surface area contributed by atoms with Crippen LogP contribution in [0.3, 0.4) is 0 Å². The molecular formula is C16H26ClN3O3. The van der Waals surface area contributed by atoms with Crippen molar-refractivity contribution in [3.63, 3.8) is 0 Å². The summed E-state index contributed by atoms with van der Waals surface area (Å²) in [6.07, 6.45) is 0. The quantitative estimate of drug-likeness (QED) is 0.809. The summed E-state index contributed by atoms with van der Waals surface area (Å²) >= 11 is 0. The summed E-state index contributed by atoms with van der Waals surface area (Å²) in [5.41, 5.74) is 1.45. The van der Waals surface area contributed by atoms with E-state index in [2.05, 4.69) is 15.5 Å². The van der Waals surface area contributed by atoms with Crippen molar-refractivity contribution < 1.29 is 14.3 Å².